The fraction of sp³-hybridized carbons (Fsp3) is 0.316. The zero-order chi connectivity index (χ0) is 18.2. The Morgan fingerprint density at radius 1 is 1.28 bits per heavy atom. The lowest BCUT2D eigenvalue weighted by molar-refractivity contribution is 0.280. The SMILES string of the molecule is Cc1ncc(CO)c(C=Nc2ccc3nc(C(C)(C)C)[nH]c3c2)c1O. The lowest BCUT2D eigenvalue weighted by Gasteiger charge is -2.13. The number of pyridine rings is 1. The van der Waals surface area contributed by atoms with Crippen LogP contribution >= 0.6 is 0 Å². The summed E-state index contributed by atoms with van der Waals surface area (Å²) in [5.41, 5.74) is 3.99. The number of hydrogen-bond acceptors (Lipinski definition) is 5. The first kappa shape index (κ1) is 17.1. The monoisotopic (exact) mass is 338 g/mol. The molecule has 6 heteroatoms. The van der Waals surface area contributed by atoms with Crippen LogP contribution in [0.5, 0.6) is 5.75 Å². The van der Waals surface area contributed by atoms with E-state index in [1.165, 1.54) is 0 Å². The highest BCUT2D eigenvalue weighted by atomic mass is 16.3. The quantitative estimate of drug-likeness (QED) is 0.637. The predicted octanol–water partition coefficient (Wildman–Crippen LogP) is 3.51. The number of imidazole rings is 1. The number of aromatic nitrogens is 3. The number of rotatable bonds is 3. The number of aliphatic hydroxyl groups excluding tert-OH is 1. The molecule has 0 amide bonds. The summed E-state index contributed by atoms with van der Waals surface area (Å²) >= 11 is 0. The average molecular weight is 338 g/mol. The molecular weight excluding hydrogens is 316 g/mol. The minimum atomic E-state index is -0.212. The number of hydrogen-bond donors (Lipinski definition) is 3. The van der Waals surface area contributed by atoms with E-state index in [-0.39, 0.29) is 17.8 Å². The Hall–Kier alpha value is -2.73. The predicted molar refractivity (Wildman–Crippen MR) is 98.6 cm³/mol. The molecule has 0 saturated heterocycles. The Bertz CT molecular complexity index is 952. The Morgan fingerprint density at radius 3 is 2.72 bits per heavy atom. The molecule has 3 rings (SSSR count). The second-order valence-corrected chi connectivity index (χ2v) is 7.08. The van der Waals surface area contributed by atoms with Crippen LogP contribution in [0.4, 0.5) is 5.69 Å². The first-order chi connectivity index (χ1) is 11.8. The van der Waals surface area contributed by atoms with Crippen LogP contribution in [-0.4, -0.2) is 31.4 Å². The van der Waals surface area contributed by atoms with Crippen molar-refractivity contribution in [1.82, 2.24) is 15.0 Å². The Morgan fingerprint density at radius 2 is 2.04 bits per heavy atom. The second-order valence-electron chi connectivity index (χ2n) is 7.08. The lowest BCUT2D eigenvalue weighted by atomic mass is 9.96. The van der Waals surface area contributed by atoms with Crippen LogP contribution in [0.2, 0.25) is 0 Å². The van der Waals surface area contributed by atoms with Gasteiger partial charge in [-0.05, 0) is 25.1 Å². The number of nitrogens with zero attached hydrogens (tertiary/aromatic N) is 3. The molecule has 3 N–H and O–H groups in total. The molecule has 130 valence electrons. The summed E-state index contributed by atoms with van der Waals surface area (Å²) in [4.78, 5) is 16.4. The summed E-state index contributed by atoms with van der Waals surface area (Å²) in [7, 11) is 0. The molecule has 1 aromatic carbocycles. The molecule has 0 atom stereocenters. The van der Waals surface area contributed by atoms with Gasteiger partial charge in [0.25, 0.3) is 0 Å². The van der Waals surface area contributed by atoms with Crippen molar-refractivity contribution < 1.29 is 10.2 Å². The molecule has 6 nitrogen and oxygen atoms in total. The molecule has 0 aliphatic heterocycles. The molecule has 2 aromatic heterocycles. The van der Waals surface area contributed by atoms with Crippen LogP contribution in [0.25, 0.3) is 11.0 Å². The normalized spacial score (nSPS) is 12.4. The largest absolute Gasteiger partial charge is 0.505 e. The summed E-state index contributed by atoms with van der Waals surface area (Å²) < 4.78 is 0. The van der Waals surface area contributed by atoms with Gasteiger partial charge in [-0.3, -0.25) is 9.98 Å². The summed E-state index contributed by atoms with van der Waals surface area (Å²) in [6.45, 7) is 7.81. The van der Waals surface area contributed by atoms with E-state index < -0.39 is 0 Å². The summed E-state index contributed by atoms with van der Waals surface area (Å²) in [6, 6.07) is 5.70. The molecule has 3 aromatic rings. The smallest absolute Gasteiger partial charge is 0.145 e. The Kier molecular flexibility index (Phi) is 4.30. The van der Waals surface area contributed by atoms with E-state index in [0.29, 0.717) is 16.8 Å². The van der Waals surface area contributed by atoms with E-state index in [4.69, 9.17) is 0 Å². The third kappa shape index (κ3) is 3.39. The maximum Gasteiger partial charge on any atom is 0.145 e. The first-order valence-corrected chi connectivity index (χ1v) is 8.12. The minimum Gasteiger partial charge on any atom is -0.505 e. The van der Waals surface area contributed by atoms with Crippen molar-refractivity contribution in [2.75, 3.05) is 0 Å². The molecule has 0 bridgehead atoms. The Labute approximate surface area is 146 Å². The van der Waals surface area contributed by atoms with Crippen LogP contribution in [0, 0.1) is 6.92 Å². The summed E-state index contributed by atoms with van der Waals surface area (Å²) in [6.07, 6.45) is 3.10. The number of aromatic hydroxyl groups is 1. The zero-order valence-corrected chi connectivity index (χ0v) is 14.8. The number of aryl methyl sites for hydroxylation is 1. The molecule has 0 spiro atoms. The van der Waals surface area contributed by atoms with E-state index >= 15 is 0 Å². The third-order valence-corrected chi connectivity index (χ3v) is 4.05. The van der Waals surface area contributed by atoms with E-state index in [2.05, 4.69) is 40.7 Å². The van der Waals surface area contributed by atoms with Gasteiger partial charge < -0.3 is 15.2 Å². The van der Waals surface area contributed by atoms with E-state index in [1.54, 1.807) is 19.3 Å². The van der Waals surface area contributed by atoms with Crippen molar-refractivity contribution in [3.8, 4) is 5.75 Å². The van der Waals surface area contributed by atoms with Crippen LogP contribution < -0.4 is 0 Å². The number of benzene rings is 1. The van der Waals surface area contributed by atoms with Crippen molar-refractivity contribution >= 4 is 22.9 Å². The fourth-order valence-corrected chi connectivity index (χ4v) is 2.49. The van der Waals surface area contributed by atoms with Gasteiger partial charge in [0.05, 0.1) is 29.0 Å². The van der Waals surface area contributed by atoms with Gasteiger partial charge in [0.2, 0.25) is 0 Å². The fourth-order valence-electron chi connectivity index (χ4n) is 2.49. The van der Waals surface area contributed by atoms with Crippen molar-refractivity contribution in [2.24, 2.45) is 4.99 Å². The van der Waals surface area contributed by atoms with E-state index in [0.717, 1.165) is 22.5 Å². The van der Waals surface area contributed by atoms with Gasteiger partial charge in [-0.15, -0.1) is 0 Å². The highest BCUT2D eigenvalue weighted by molar-refractivity contribution is 5.88. The molecule has 0 aliphatic carbocycles. The number of H-pyrrole nitrogens is 1. The van der Waals surface area contributed by atoms with Crippen molar-refractivity contribution in [1.29, 1.82) is 0 Å². The second kappa shape index (κ2) is 6.29. The topological polar surface area (TPSA) is 94.4 Å². The average Bonchev–Trinajstić information content (AvgIpc) is 2.99. The van der Waals surface area contributed by atoms with Gasteiger partial charge in [-0.1, -0.05) is 20.8 Å². The number of nitrogens with one attached hydrogen (secondary N) is 1. The van der Waals surface area contributed by atoms with Gasteiger partial charge in [-0.2, -0.15) is 0 Å². The molecule has 0 fully saturated rings. The number of aliphatic imine (C=N–C) groups is 1. The standard InChI is InChI=1S/C19H22N4O2/c1-11-17(25)14(12(10-24)8-20-11)9-21-13-5-6-15-16(7-13)23-18(22-15)19(2,3)4/h5-9,24-25H,10H2,1-4H3,(H,22,23). The van der Waals surface area contributed by atoms with Gasteiger partial charge in [0.1, 0.15) is 11.6 Å². The molecule has 0 aliphatic rings. The van der Waals surface area contributed by atoms with Gasteiger partial charge in [0.15, 0.2) is 0 Å². The van der Waals surface area contributed by atoms with E-state index in [1.807, 2.05) is 18.2 Å². The number of fused-ring (bicyclic) bond motifs is 1. The van der Waals surface area contributed by atoms with Crippen molar-refractivity contribution in [3.63, 3.8) is 0 Å². The molecule has 0 unspecified atom stereocenters. The highest BCUT2D eigenvalue weighted by Crippen LogP contribution is 2.26. The van der Waals surface area contributed by atoms with Gasteiger partial charge >= 0.3 is 0 Å². The summed E-state index contributed by atoms with van der Waals surface area (Å²) in [5.74, 6) is 0.960. The van der Waals surface area contributed by atoms with Crippen LogP contribution in [0.3, 0.4) is 0 Å². The third-order valence-electron chi connectivity index (χ3n) is 4.05. The lowest BCUT2D eigenvalue weighted by Crippen LogP contribution is -2.12. The van der Waals surface area contributed by atoms with Crippen molar-refractivity contribution in [3.05, 3.63) is 47.0 Å². The first-order valence-electron chi connectivity index (χ1n) is 8.12. The molecule has 25 heavy (non-hydrogen) atoms. The van der Waals surface area contributed by atoms with E-state index in [9.17, 15) is 10.2 Å². The molecule has 0 radical (unpaired) electrons. The van der Waals surface area contributed by atoms with Crippen molar-refractivity contribution in [2.45, 2.75) is 39.7 Å². The molecule has 0 saturated carbocycles. The van der Waals surface area contributed by atoms with Crippen LogP contribution in [-0.2, 0) is 12.0 Å². The zero-order valence-electron chi connectivity index (χ0n) is 14.8. The molecule has 2 heterocycles. The van der Waals surface area contributed by atoms with Crippen LogP contribution in [0.15, 0.2) is 29.4 Å². The van der Waals surface area contributed by atoms with Gasteiger partial charge in [0, 0.05) is 29.0 Å². The Balaban J connectivity index is 1.98. The maximum atomic E-state index is 10.2. The number of aliphatic hydroxyl groups is 1. The van der Waals surface area contributed by atoms with Crippen LogP contribution in [0.1, 0.15) is 43.4 Å². The highest BCUT2D eigenvalue weighted by Gasteiger charge is 2.18. The number of aromatic amines is 1. The minimum absolute atomic E-state index is 0.0351. The molecular formula is C19H22N4O2. The maximum absolute atomic E-state index is 10.2. The van der Waals surface area contributed by atoms with Gasteiger partial charge in [-0.25, -0.2) is 4.98 Å². The summed E-state index contributed by atoms with van der Waals surface area (Å²) in [5, 5.41) is 19.6.